The molecular formula is C23H23FN2O3S. The SMILES string of the molecule is Cc1ccccc1C(NC(=O)CN(c1cccc(F)c1)S(C)(=O)=O)c1ccccc1. The lowest BCUT2D eigenvalue weighted by atomic mass is 9.95. The third-order valence-corrected chi connectivity index (χ3v) is 5.86. The lowest BCUT2D eigenvalue weighted by Crippen LogP contribution is -2.42. The molecule has 30 heavy (non-hydrogen) atoms. The molecule has 0 aromatic heterocycles. The number of rotatable bonds is 7. The average molecular weight is 427 g/mol. The Bertz CT molecular complexity index is 1130. The highest BCUT2D eigenvalue weighted by molar-refractivity contribution is 7.92. The molecule has 0 bridgehead atoms. The number of nitrogens with one attached hydrogen (secondary N) is 1. The number of carbonyl (C=O) groups is 1. The quantitative estimate of drug-likeness (QED) is 0.625. The van der Waals surface area contributed by atoms with Crippen LogP contribution in [0.25, 0.3) is 0 Å². The van der Waals surface area contributed by atoms with Gasteiger partial charge in [0, 0.05) is 0 Å². The molecule has 0 heterocycles. The normalized spacial score (nSPS) is 12.2. The predicted molar refractivity (Wildman–Crippen MR) is 116 cm³/mol. The molecule has 0 radical (unpaired) electrons. The number of hydrogen-bond donors (Lipinski definition) is 1. The van der Waals surface area contributed by atoms with Crippen molar-refractivity contribution in [3.8, 4) is 0 Å². The van der Waals surface area contributed by atoms with Crippen molar-refractivity contribution in [2.75, 3.05) is 17.1 Å². The van der Waals surface area contributed by atoms with Crippen LogP contribution >= 0.6 is 0 Å². The van der Waals surface area contributed by atoms with Gasteiger partial charge in [0.1, 0.15) is 12.4 Å². The zero-order valence-corrected chi connectivity index (χ0v) is 17.6. The molecule has 0 aliphatic heterocycles. The number of benzene rings is 3. The topological polar surface area (TPSA) is 66.5 Å². The van der Waals surface area contributed by atoms with Gasteiger partial charge in [-0.3, -0.25) is 9.10 Å². The minimum absolute atomic E-state index is 0.0970. The van der Waals surface area contributed by atoms with Gasteiger partial charge in [-0.25, -0.2) is 12.8 Å². The lowest BCUT2D eigenvalue weighted by molar-refractivity contribution is -0.120. The monoisotopic (exact) mass is 426 g/mol. The molecule has 0 saturated carbocycles. The highest BCUT2D eigenvalue weighted by atomic mass is 32.2. The van der Waals surface area contributed by atoms with Gasteiger partial charge in [-0.2, -0.15) is 0 Å². The summed E-state index contributed by atoms with van der Waals surface area (Å²) in [4.78, 5) is 12.9. The zero-order valence-electron chi connectivity index (χ0n) is 16.7. The van der Waals surface area contributed by atoms with Crippen LogP contribution in [0.3, 0.4) is 0 Å². The molecule has 3 aromatic carbocycles. The van der Waals surface area contributed by atoms with Crippen LogP contribution in [0.2, 0.25) is 0 Å². The van der Waals surface area contributed by atoms with Crippen molar-refractivity contribution in [2.45, 2.75) is 13.0 Å². The number of nitrogens with zero attached hydrogens (tertiary/aromatic N) is 1. The van der Waals surface area contributed by atoms with E-state index in [2.05, 4.69) is 5.32 Å². The first kappa shape index (κ1) is 21.5. The van der Waals surface area contributed by atoms with Crippen molar-refractivity contribution >= 4 is 21.6 Å². The van der Waals surface area contributed by atoms with Gasteiger partial charge in [0.25, 0.3) is 0 Å². The van der Waals surface area contributed by atoms with Gasteiger partial charge in [-0.15, -0.1) is 0 Å². The lowest BCUT2D eigenvalue weighted by Gasteiger charge is -2.25. The Balaban J connectivity index is 1.91. The van der Waals surface area contributed by atoms with Gasteiger partial charge < -0.3 is 5.32 Å². The number of hydrogen-bond acceptors (Lipinski definition) is 3. The van der Waals surface area contributed by atoms with E-state index in [9.17, 15) is 17.6 Å². The van der Waals surface area contributed by atoms with Gasteiger partial charge in [-0.1, -0.05) is 60.7 Å². The Kier molecular flexibility index (Phi) is 6.52. The summed E-state index contributed by atoms with van der Waals surface area (Å²) < 4.78 is 39.1. The van der Waals surface area contributed by atoms with Crippen LogP contribution in [0.5, 0.6) is 0 Å². The van der Waals surface area contributed by atoms with Crippen LogP contribution in [0.1, 0.15) is 22.7 Å². The molecule has 3 aromatic rings. The number of carbonyl (C=O) groups excluding carboxylic acids is 1. The molecule has 1 unspecified atom stereocenters. The number of halogens is 1. The van der Waals surface area contributed by atoms with Crippen molar-refractivity contribution in [3.63, 3.8) is 0 Å². The van der Waals surface area contributed by atoms with Crippen molar-refractivity contribution in [1.29, 1.82) is 0 Å². The summed E-state index contributed by atoms with van der Waals surface area (Å²) in [5, 5.41) is 2.94. The first-order chi connectivity index (χ1) is 14.3. The standard InChI is InChI=1S/C23H23FN2O3S/c1-17-9-6-7-14-21(17)23(18-10-4-3-5-11-18)25-22(27)16-26(30(2,28)29)20-13-8-12-19(24)15-20/h3-15,23H,16H2,1-2H3,(H,25,27). The molecule has 0 fully saturated rings. The summed E-state index contributed by atoms with van der Waals surface area (Å²) in [7, 11) is -3.80. The van der Waals surface area contributed by atoms with E-state index in [0.717, 1.165) is 33.3 Å². The first-order valence-corrected chi connectivity index (χ1v) is 11.2. The first-order valence-electron chi connectivity index (χ1n) is 9.39. The second kappa shape index (κ2) is 9.09. The van der Waals surface area contributed by atoms with Crippen molar-refractivity contribution in [2.24, 2.45) is 0 Å². The van der Waals surface area contributed by atoms with E-state index in [4.69, 9.17) is 0 Å². The highest BCUT2D eigenvalue weighted by Gasteiger charge is 2.24. The van der Waals surface area contributed by atoms with E-state index in [1.165, 1.54) is 18.2 Å². The summed E-state index contributed by atoms with van der Waals surface area (Å²) in [6, 6.07) is 21.8. The van der Waals surface area contributed by atoms with E-state index in [1.807, 2.05) is 61.5 Å². The summed E-state index contributed by atoms with van der Waals surface area (Å²) in [5.41, 5.74) is 2.88. The van der Waals surface area contributed by atoms with E-state index in [-0.39, 0.29) is 5.69 Å². The van der Waals surface area contributed by atoms with Crippen molar-refractivity contribution in [1.82, 2.24) is 5.32 Å². The Morgan fingerprint density at radius 3 is 2.30 bits per heavy atom. The van der Waals surface area contributed by atoms with Gasteiger partial charge in [0.05, 0.1) is 18.0 Å². The van der Waals surface area contributed by atoms with Gasteiger partial charge in [0.15, 0.2) is 0 Å². The highest BCUT2D eigenvalue weighted by Crippen LogP contribution is 2.25. The van der Waals surface area contributed by atoms with Crippen LogP contribution in [0.4, 0.5) is 10.1 Å². The minimum atomic E-state index is -3.80. The number of aryl methyl sites for hydroxylation is 1. The fraction of sp³-hybridized carbons (Fsp3) is 0.174. The van der Waals surface area contributed by atoms with E-state index >= 15 is 0 Å². The van der Waals surface area contributed by atoms with E-state index in [0.29, 0.717) is 0 Å². The van der Waals surface area contributed by atoms with Gasteiger partial charge >= 0.3 is 0 Å². The van der Waals surface area contributed by atoms with Gasteiger partial charge in [-0.05, 0) is 41.8 Å². The second-order valence-electron chi connectivity index (χ2n) is 7.02. The van der Waals surface area contributed by atoms with Crippen LogP contribution in [0.15, 0.2) is 78.9 Å². The van der Waals surface area contributed by atoms with Crippen LogP contribution in [-0.2, 0) is 14.8 Å². The van der Waals surface area contributed by atoms with E-state index in [1.54, 1.807) is 0 Å². The maximum absolute atomic E-state index is 13.6. The molecular weight excluding hydrogens is 403 g/mol. The Morgan fingerprint density at radius 1 is 1.00 bits per heavy atom. The fourth-order valence-electron chi connectivity index (χ4n) is 3.27. The molecule has 156 valence electrons. The zero-order chi connectivity index (χ0) is 21.7. The number of anilines is 1. The second-order valence-corrected chi connectivity index (χ2v) is 8.92. The third kappa shape index (κ3) is 5.24. The number of amides is 1. The molecule has 1 N–H and O–H groups in total. The van der Waals surface area contributed by atoms with Crippen LogP contribution in [0, 0.1) is 12.7 Å². The van der Waals surface area contributed by atoms with Crippen molar-refractivity contribution < 1.29 is 17.6 Å². The smallest absolute Gasteiger partial charge is 0.241 e. The largest absolute Gasteiger partial charge is 0.344 e. The van der Waals surface area contributed by atoms with Crippen LogP contribution < -0.4 is 9.62 Å². The van der Waals surface area contributed by atoms with Crippen molar-refractivity contribution in [3.05, 3.63) is 101 Å². The van der Waals surface area contributed by atoms with E-state index < -0.39 is 34.3 Å². The summed E-state index contributed by atoms with van der Waals surface area (Å²) in [6.07, 6.45) is 0.987. The fourth-order valence-corrected chi connectivity index (χ4v) is 4.11. The summed E-state index contributed by atoms with van der Waals surface area (Å²) >= 11 is 0. The predicted octanol–water partition coefficient (Wildman–Crippen LogP) is 3.81. The molecule has 0 spiro atoms. The molecule has 3 rings (SSSR count). The minimum Gasteiger partial charge on any atom is -0.344 e. The summed E-state index contributed by atoms with van der Waals surface area (Å²) in [6.45, 7) is 1.49. The maximum atomic E-state index is 13.6. The third-order valence-electron chi connectivity index (χ3n) is 4.72. The molecule has 0 aliphatic carbocycles. The van der Waals surface area contributed by atoms with Gasteiger partial charge in [0.2, 0.25) is 15.9 Å². The molecule has 1 atom stereocenters. The molecule has 5 nitrogen and oxygen atoms in total. The average Bonchev–Trinajstić information content (AvgIpc) is 2.71. The molecule has 0 aliphatic rings. The maximum Gasteiger partial charge on any atom is 0.241 e. The molecule has 0 saturated heterocycles. The summed E-state index contributed by atoms with van der Waals surface area (Å²) in [5.74, 6) is -1.08. The Labute approximate surface area is 176 Å². The van der Waals surface area contributed by atoms with Crippen LogP contribution in [-0.4, -0.2) is 27.1 Å². The number of sulfonamides is 1. The Morgan fingerprint density at radius 2 is 1.67 bits per heavy atom. The molecule has 1 amide bonds. The molecule has 7 heteroatoms. The Hall–Kier alpha value is -3.19.